The van der Waals surface area contributed by atoms with Gasteiger partial charge in [0, 0.05) is 10.8 Å². The maximum Gasteiger partial charge on any atom is 0.0892 e. The molecule has 2 unspecified atom stereocenters. The number of ether oxygens (including phenoxy) is 2. The van der Waals surface area contributed by atoms with E-state index in [-0.39, 0.29) is 34.2 Å². The Morgan fingerprint density at radius 1 is 0.735 bits per heavy atom. The first kappa shape index (κ1) is 25.9. The Balaban J connectivity index is 1.34. The zero-order valence-electron chi connectivity index (χ0n) is 22.1. The molecule has 0 radical (unpaired) electrons. The van der Waals surface area contributed by atoms with Crippen LogP contribution in [0.25, 0.3) is 0 Å². The van der Waals surface area contributed by atoms with E-state index in [0.29, 0.717) is 12.2 Å². The molecule has 4 nitrogen and oxygen atoms in total. The lowest BCUT2D eigenvalue weighted by Gasteiger charge is -2.36. The number of rotatable bonds is 9. The number of aliphatic hydroxyl groups is 2. The average Bonchev–Trinajstić information content (AvgIpc) is 3.60. The molecule has 2 saturated heterocycles. The molecule has 4 aliphatic rings. The first-order valence-electron chi connectivity index (χ1n) is 13.3. The molecule has 0 aromatic heterocycles. The van der Waals surface area contributed by atoms with Gasteiger partial charge in [0.05, 0.1) is 35.6 Å². The third-order valence-electron chi connectivity index (χ3n) is 8.92. The molecule has 4 rings (SSSR count). The molecule has 4 heteroatoms. The first-order valence-corrected chi connectivity index (χ1v) is 13.3. The normalized spacial score (nSPS) is 40.9. The lowest BCUT2D eigenvalue weighted by Crippen LogP contribution is -2.34. The lowest BCUT2D eigenvalue weighted by atomic mass is 9.72. The third-order valence-corrected chi connectivity index (χ3v) is 8.92. The second-order valence-electron chi connectivity index (χ2n) is 12.8. The predicted molar refractivity (Wildman–Crippen MR) is 138 cm³/mol. The SMILES string of the molecule is CC1(C)OC1CC[C@@]1(C)C=C(/C=C/C=C/C2=C[C@](C)(CCC3OC3(C)C)[C@@H](O)CC2)CC[C@@H]1O. The summed E-state index contributed by atoms with van der Waals surface area (Å²) in [5.41, 5.74) is 2.25. The summed E-state index contributed by atoms with van der Waals surface area (Å²) >= 11 is 0. The Hall–Kier alpha value is -1.20. The van der Waals surface area contributed by atoms with E-state index >= 15 is 0 Å². The highest BCUT2D eigenvalue weighted by molar-refractivity contribution is 5.32. The van der Waals surface area contributed by atoms with E-state index in [9.17, 15) is 10.2 Å². The standard InChI is InChI=1S/C30H46O4/c1-27(2)25(33-27)15-17-29(5)19-21(11-13-23(29)31)9-7-8-10-22-12-14-24(32)30(6,20-22)18-16-26-28(3,4)34-26/h7-10,19-20,23-26,31-32H,11-18H2,1-6H3/b9-7+,10-8+/t23-,24-,25?,26?,29-,30-/m0/s1. The first-order chi connectivity index (χ1) is 15.8. The van der Waals surface area contributed by atoms with Crippen LogP contribution in [0.2, 0.25) is 0 Å². The quantitative estimate of drug-likeness (QED) is 0.311. The van der Waals surface area contributed by atoms with E-state index < -0.39 is 0 Å². The van der Waals surface area contributed by atoms with Crippen molar-refractivity contribution in [2.45, 2.75) is 129 Å². The maximum absolute atomic E-state index is 10.7. The summed E-state index contributed by atoms with van der Waals surface area (Å²) in [6, 6.07) is 0. The lowest BCUT2D eigenvalue weighted by molar-refractivity contribution is 0.0474. The smallest absolute Gasteiger partial charge is 0.0892 e. The summed E-state index contributed by atoms with van der Waals surface area (Å²) in [5.74, 6) is 0. The highest BCUT2D eigenvalue weighted by Crippen LogP contribution is 2.46. The van der Waals surface area contributed by atoms with Crippen molar-refractivity contribution in [3.8, 4) is 0 Å². The predicted octanol–water partition coefficient (Wildman–Crippen LogP) is 6.19. The fourth-order valence-electron chi connectivity index (χ4n) is 5.91. The average molecular weight is 471 g/mol. The second-order valence-corrected chi connectivity index (χ2v) is 12.8. The molecule has 0 saturated carbocycles. The van der Waals surface area contributed by atoms with Crippen LogP contribution in [0, 0.1) is 10.8 Å². The van der Waals surface area contributed by atoms with Crippen molar-refractivity contribution < 1.29 is 19.7 Å². The number of allylic oxidation sites excluding steroid dienone is 6. The molecule has 2 heterocycles. The molecule has 2 N–H and O–H groups in total. The maximum atomic E-state index is 10.7. The van der Waals surface area contributed by atoms with Crippen LogP contribution in [0.1, 0.15) is 92.9 Å². The molecule has 0 amide bonds. The Morgan fingerprint density at radius 2 is 1.09 bits per heavy atom. The molecule has 0 aromatic carbocycles. The van der Waals surface area contributed by atoms with Gasteiger partial charge in [0.2, 0.25) is 0 Å². The van der Waals surface area contributed by atoms with Gasteiger partial charge in [-0.25, -0.2) is 0 Å². The second kappa shape index (κ2) is 9.35. The summed E-state index contributed by atoms with van der Waals surface area (Å²) in [5, 5.41) is 21.3. The van der Waals surface area contributed by atoms with Crippen molar-refractivity contribution >= 4 is 0 Å². The van der Waals surface area contributed by atoms with Crippen molar-refractivity contribution in [2.75, 3.05) is 0 Å². The Kier molecular flexibility index (Phi) is 7.12. The van der Waals surface area contributed by atoms with Crippen molar-refractivity contribution in [1.82, 2.24) is 0 Å². The third kappa shape index (κ3) is 5.95. The van der Waals surface area contributed by atoms with Crippen LogP contribution in [0.15, 0.2) is 47.6 Å². The van der Waals surface area contributed by atoms with Crippen LogP contribution in [-0.2, 0) is 9.47 Å². The minimum atomic E-state index is -0.287. The van der Waals surface area contributed by atoms with Crippen LogP contribution >= 0.6 is 0 Å². The summed E-state index contributed by atoms with van der Waals surface area (Å²) in [6.45, 7) is 12.9. The van der Waals surface area contributed by atoms with Crippen LogP contribution in [0.4, 0.5) is 0 Å². The summed E-state index contributed by atoms with van der Waals surface area (Å²) in [6.07, 6.45) is 20.6. The van der Waals surface area contributed by atoms with Crippen LogP contribution in [0.5, 0.6) is 0 Å². The van der Waals surface area contributed by atoms with Gasteiger partial charge in [0.15, 0.2) is 0 Å². The van der Waals surface area contributed by atoms with E-state index in [1.54, 1.807) is 0 Å². The molecule has 0 bridgehead atoms. The van der Waals surface area contributed by atoms with Gasteiger partial charge in [0.25, 0.3) is 0 Å². The minimum absolute atomic E-state index is 0.00934. The molecule has 6 atom stereocenters. The number of hydrogen-bond donors (Lipinski definition) is 2. The Bertz CT molecular complexity index is 806. The topological polar surface area (TPSA) is 65.5 Å². The highest BCUT2D eigenvalue weighted by atomic mass is 16.6. The fourth-order valence-corrected chi connectivity index (χ4v) is 5.91. The van der Waals surface area contributed by atoms with Gasteiger partial charge in [0.1, 0.15) is 0 Å². The van der Waals surface area contributed by atoms with E-state index in [2.05, 4.69) is 78.0 Å². The number of epoxide rings is 2. The van der Waals surface area contributed by atoms with Gasteiger partial charge < -0.3 is 19.7 Å². The highest BCUT2D eigenvalue weighted by Gasteiger charge is 2.49. The summed E-state index contributed by atoms with van der Waals surface area (Å²) in [4.78, 5) is 0. The zero-order valence-corrected chi connectivity index (χ0v) is 22.1. The Labute approximate surface area is 206 Å². The zero-order chi connectivity index (χ0) is 24.8. The van der Waals surface area contributed by atoms with Crippen molar-refractivity contribution in [3.63, 3.8) is 0 Å². The van der Waals surface area contributed by atoms with Gasteiger partial charge in [-0.3, -0.25) is 0 Å². The molecule has 190 valence electrons. The van der Waals surface area contributed by atoms with Crippen molar-refractivity contribution in [2.24, 2.45) is 10.8 Å². The van der Waals surface area contributed by atoms with E-state index in [1.807, 2.05) is 0 Å². The summed E-state index contributed by atoms with van der Waals surface area (Å²) < 4.78 is 11.5. The molecule has 2 aliphatic carbocycles. The largest absolute Gasteiger partial charge is 0.392 e. The summed E-state index contributed by atoms with van der Waals surface area (Å²) in [7, 11) is 0. The van der Waals surface area contributed by atoms with Gasteiger partial charge in [-0.2, -0.15) is 0 Å². The van der Waals surface area contributed by atoms with E-state index in [1.165, 1.54) is 11.1 Å². The minimum Gasteiger partial charge on any atom is -0.392 e. The number of aliphatic hydroxyl groups excluding tert-OH is 2. The fraction of sp³-hybridized carbons (Fsp3) is 0.733. The molecular weight excluding hydrogens is 424 g/mol. The van der Waals surface area contributed by atoms with Crippen LogP contribution in [-0.4, -0.2) is 45.8 Å². The molecular formula is C30H46O4. The molecule has 2 fully saturated rings. The number of hydrogen-bond acceptors (Lipinski definition) is 4. The van der Waals surface area contributed by atoms with E-state index in [4.69, 9.17) is 9.47 Å². The molecule has 0 aromatic rings. The molecule has 0 spiro atoms. The van der Waals surface area contributed by atoms with Crippen LogP contribution < -0.4 is 0 Å². The Morgan fingerprint density at radius 3 is 1.41 bits per heavy atom. The molecule has 34 heavy (non-hydrogen) atoms. The van der Waals surface area contributed by atoms with Gasteiger partial charge in [-0.05, 0) is 79.1 Å². The van der Waals surface area contributed by atoms with Crippen molar-refractivity contribution in [1.29, 1.82) is 0 Å². The van der Waals surface area contributed by atoms with Crippen molar-refractivity contribution in [3.05, 3.63) is 47.6 Å². The monoisotopic (exact) mass is 470 g/mol. The van der Waals surface area contributed by atoms with Crippen LogP contribution in [0.3, 0.4) is 0 Å². The van der Waals surface area contributed by atoms with Gasteiger partial charge in [-0.15, -0.1) is 0 Å². The van der Waals surface area contributed by atoms with Gasteiger partial charge >= 0.3 is 0 Å². The molecule has 2 aliphatic heterocycles. The van der Waals surface area contributed by atoms with Gasteiger partial charge in [-0.1, -0.05) is 61.4 Å². The van der Waals surface area contributed by atoms with E-state index in [0.717, 1.165) is 51.4 Å².